The van der Waals surface area contributed by atoms with Gasteiger partial charge in [-0.15, -0.1) is 0 Å². The third-order valence-corrected chi connectivity index (χ3v) is 4.56. The van der Waals surface area contributed by atoms with Gasteiger partial charge in [-0.2, -0.15) is 0 Å². The molecular formula is C14H9BrCl3NO2. The van der Waals surface area contributed by atoms with Crippen molar-refractivity contribution in [1.29, 1.82) is 0 Å². The highest BCUT2D eigenvalue weighted by Crippen LogP contribution is 2.38. The van der Waals surface area contributed by atoms with Crippen LogP contribution in [0.25, 0.3) is 0 Å². The van der Waals surface area contributed by atoms with E-state index in [1.165, 1.54) is 0 Å². The molecule has 110 valence electrons. The zero-order chi connectivity index (χ0) is 15.0. The normalized spacial score (nSPS) is 12.6. The second-order valence-corrected chi connectivity index (χ2v) is 6.50. The Bertz CT molecular complexity index is 686. The minimum Gasteiger partial charge on any atom is -0.454 e. The molecule has 0 spiro atoms. The molecular weight excluding hydrogens is 400 g/mol. The quantitative estimate of drug-likeness (QED) is 0.700. The SMILES string of the molecule is Clc1cc(Cl)c(NCc2cc3c(cc2Br)OCO3)c(Cl)c1. The lowest BCUT2D eigenvalue weighted by molar-refractivity contribution is 0.174. The van der Waals surface area contributed by atoms with Gasteiger partial charge in [0.1, 0.15) is 0 Å². The molecule has 0 atom stereocenters. The second kappa shape index (κ2) is 6.13. The van der Waals surface area contributed by atoms with Gasteiger partial charge < -0.3 is 14.8 Å². The lowest BCUT2D eigenvalue weighted by Gasteiger charge is -2.12. The van der Waals surface area contributed by atoms with Crippen molar-refractivity contribution in [3.05, 3.63) is 49.4 Å². The summed E-state index contributed by atoms with van der Waals surface area (Å²) in [5.74, 6) is 1.46. The number of hydrogen-bond donors (Lipinski definition) is 1. The molecule has 7 heteroatoms. The monoisotopic (exact) mass is 407 g/mol. The van der Waals surface area contributed by atoms with Crippen molar-refractivity contribution in [2.24, 2.45) is 0 Å². The van der Waals surface area contributed by atoms with Crippen LogP contribution in [0.15, 0.2) is 28.7 Å². The molecule has 0 radical (unpaired) electrons. The summed E-state index contributed by atoms with van der Waals surface area (Å²) in [5.41, 5.74) is 1.65. The maximum absolute atomic E-state index is 6.15. The van der Waals surface area contributed by atoms with Gasteiger partial charge in [-0.1, -0.05) is 50.7 Å². The minimum atomic E-state index is 0.244. The smallest absolute Gasteiger partial charge is 0.231 e. The lowest BCUT2D eigenvalue weighted by atomic mass is 10.2. The van der Waals surface area contributed by atoms with Gasteiger partial charge in [0.2, 0.25) is 6.79 Å². The number of rotatable bonds is 3. The largest absolute Gasteiger partial charge is 0.454 e. The van der Waals surface area contributed by atoms with Crippen molar-refractivity contribution in [2.75, 3.05) is 12.1 Å². The Labute approximate surface area is 145 Å². The van der Waals surface area contributed by atoms with E-state index in [1.54, 1.807) is 12.1 Å². The average molecular weight is 409 g/mol. The molecule has 0 saturated carbocycles. The molecule has 0 saturated heterocycles. The third-order valence-electron chi connectivity index (χ3n) is 3.00. The molecule has 2 aromatic carbocycles. The van der Waals surface area contributed by atoms with E-state index in [9.17, 15) is 0 Å². The van der Waals surface area contributed by atoms with Gasteiger partial charge in [-0.3, -0.25) is 0 Å². The summed E-state index contributed by atoms with van der Waals surface area (Å²) < 4.78 is 11.6. The number of hydrogen-bond acceptors (Lipinski definition) is 3. The van der Waals surface area contributed by atoms with Crippen LogP contribution in [-0.2, 0) is 6.54 Å². The average Bonchev–Trinajstić information content (AvgIpc) is 2.84. The fourth-order valence-electron chi connectivity index (χ4n) is 1.99. The van der Waals surface area contributed by atoms with Crippen molar-refractivity contribution in [2.45, 2.75) is 6.54 Å². The Morgan fingerprint density at radius 2 is 1.62 bits per heavy atom. The van der Waals surface area contributed by atoms with Gasteiger partial charge in [0.05, 0.1) is 15.7 Å². The number of anilines is 1. The second-order valence-electron chi connectivity index (χ2n) is 4.39. The Balaban J connectivity index is 1.83. The first-order valence-corrected chi connectivity index (χ1v) is 7.93. The predicted octanol–water partition coefficient (Wildman–Crippen LogP) is 5.75. The molecule has 1 N–H and O–H groups in total. The summed E-state index contributed by atoms with van der Waals surface area (Å²) in [6.07, 6.45) is 0. The molecule has 3 nitrogen and oxygen atoms in total. The molecule has 0 amide bonds. The van der Waals surface area contributed by atoms with Crippen LogP contribution < -0.4 is 14.8 Å². The van der Waals surface area contributed by atoms with E-state index in [1.807, 2.05) is 12.1 Å². The Hall–Kier alpha value is -0.810. The van der Waals surface area contributed by atoms with Crippen LogP contribution in [0.5, 0.6) is 11.5 Å². The van der Waals surface area contributed by atoms with Gasteiger partial charge in [-0.25, -0.2) is 0 Å². The number of fused-ring (bicyclic) bond motifs is 1. The van der Waals surface area contributed by atoms with Crippen LogP contribution in [0.2, 0.25) is 15.1 Å². The molecule has 1 aliphatic heterocycles. The molecule has 0 unspecified atom stereocenters. The van der Waals surface area contributed by atoms with Gasteiger partial charge in [0.15, 0.2) is 11.5 Å². The first kappa shape index (κ1) is 15.1. The fraction of sp³-hybridized carbons (Fsp3) is 0.143. The molecule has 0 fully saturated rings. The Kier molecular flexibility index (Phi) is 4.41. The zero-order valence-electron chi connectivity index (χ0n) is 10.6. The molecule has 0 aromatic heterocycles. The third kappa shape index (κ3) is 3.19. The lowest BCUT2D eigenvalue weighted by Crippen LogP contribution is -2.01. The number of nitrogens with one attached hydrogen (secondary N) is 1. The topological polar surface area (TPSA) is 30.5 Å². The maximum atomic E-state index is 6.15. The highest BCUT2D eigenvalue weighted by Gasteiger charge is 2.16. The minimum absolute atomic E-state index is 0.244. The highest BCUT2D eigenvalue weighted by molar-refractivity contribution is 9.10. The van der Waals surface area contributed by atoms with Crippen LogP contribution in [0.3, 0.4) is 0 Å². The first-order valence-electron chi connectivity index (χ1n) is 6.01. The number of halogens is 4. The molecule has 21 heavy (non-hydrogen) atoms. The molecule has 1 heterocycles. The van der Waals surface area contributed by atoms with Gasteiger partial charge in [-0.05, 0) is 29.8 Å². The van der Waals surface area contributed by atoms with E-state index < -0.39 is 0 Å². The van der Waals surface area contributed by atoms with Gasteiger partial charge in [0, 0.05) is 16.0 Å². The number of ether oxygens (including phenoxy) is 2. The molecule has 0 aliphatic carbocycles. The molecule has 3 rings (SSSR count). The van der Waals surface area contributed by atoms with E-state index in [-0.39, 0.29) is 6.79 Å². The first-order chi connectivity index (χ1) is 10.0. The van der Waals surface area contributed by atoms with Crippen LogP contribution >= 0.6 is 50.7 Å². The molecule has 1 aliphatic rings. The summed E-state index contributed by atoms with van der Waals surface area (Å²) >= 11 is 21.7. The van der Waals surface area contributed by atoms with Crippen LogP contribution in [0.1, 0.15) is 5.56 Å². The maximum Gasteiger partial charge on any atom is 0.231 e. The standard InChI is InChI=1S/C14H9BrCl3NO2/c15-9-4-13-12(20-6-21-13)1-7(9)5-19-14-10(17)2-8(16)3-11(14)18/h1-4,19H,5-6H2. The molecule has 0 bridgehead atoms. The Morgan fingerprint density at radius 3 is 2.29 bits per heavy atom. The predicted molar refractivity (Wildman–Crippen MR) is 89.1 cm³/mol. The summed E-state index contributed by atoms with van der Waals surface area (Å²) in [6, 6.07) is 7.08. The summed E-state index contributed by atoms with van der Waals surface area (Å²) in [7, 11) is 0. The highest BCUT2D eigenvalue weighted by atomic mass is 79.9. The van der Waals surface area contributed by atoms with Crippen molar-refractivity contribution >= 4 is 56.4 Å². The van der Waals surface area contributed by atoms with Crippen molar-refractivity contribution in [3.8, 4) is 11.5 Å². The van der Waals surface area contributed by atoms with Crippen LogP contribution in [0, 0.1) is 0 Å². The number of benzene rings is 2. The van der Waals surface area contributed by atoms with Crippen molar-refractivity contribution < 1.29 is 9.47 Å². The summed E-state index contributed by atoms with van der Waals surface area (Å²) in [4.78, 5) is 0. The molecule has 2 aromatic rings. The summed E-state index contributed by atoms with van der Waals surface area (Å²) in [5, 5.41) is 4.66. The van der Waals surface area contributed by atoms with Gasteiger partial charge in [0.25, 0.3) is 0 Å². The van der Waals surface area contributed by atoms with E-state index in [0.29, 0.717) is 27.3 Å². The van der Waals surface area contributed by atoms with E-state index in [0.717, 1.165) is 21.5 Å². The van der Waals surface area contributed by atoms with E-state index in [2.05, 4.69) is 21.2 Å². The van der Waals surface area contributed by atoms with Crippen LogP contribution in [-0.4, -0.2) is 6.79 Å². The summed E-state index contributed by atoms with van der Waals surface area (Å²) in [6.45, 7) is 0.770. The van der Waals surface area contributed by atoms with Crippen molar-refractivity contribution in [1.82, 2.24) is 0 Å². The van der Waals surface area contributed by atoms with Crippen molar-refractivity contribution in [3.63, 3.8) is 0 Å². The van der Waals surface area contributed by atoms with Gasteiger partial charge >= 0.3 is 0 Å². The zero-order valence-corrected chi connectivity index (χ0v) is 14.4. The van der Waals surface area contributed by atoms with E-state index in [4.69, 9.17) is 44.3 Å². The fourth-order valence-corrected chi connectivity index (χ4v) is 3.40. The van der Waals surface area contributed by atoms with E-state index >= 15 is 0 Å². The van der Waals surface area contributed by atoms with Crippen LogP contribution in [0.4, 0.5) is 5.69 Å². The Morgan fingerprint density at radius 1 is 1.00 bits per heavy atom.